The molecule has 0 fully saturated rings. The summed E-state index contributed by atoms with van der Waals surface area (Å²) in [7, 11) is 0. The Bertz CT molecular complexity index is 2140. The summed E-state index contributed by atoms with van der Waals surface area (Å²) in [6.45, 7) is 4.13. The zero-order valence-electron chi connectivity index (χ0n) is 25.0. The standard InChI is InChI=1S/C38H32N4O3/c1-25-34(37(43)41(39-25)30-17-5-3-6-18-30)36(35-26(2)40-42(38(35)44)31-19-7-4-8-20-31)28-15-12-21-32(23-28)45-24-29-16-11-14-27-13-9-10-22-33(27)29/h3-23,36,39-40H,24H2,1-2H3. The van der Waals surface area contributed by atoms with Gasteiger partial charge in [-0.15, -0.1) is 0 Å². The van der Waals surface area contributed by atoms with E-state index in [9.17, 15) is 9.59 Å². The smallest absolute Gasteiger partial charge is 0.275 e. The molecule has 0 aliphatic carbocycles. The van der Waals surface area contributed by atoms with Gasteiger partial charge in [-0.2, -0.15) is 0 Å². The average Bonchev–Trinajstić information content (AvgIpc) is 3.54. The Morgan fingerprint density at radius 3 is 1.78 bits per heavy atom. The van der Waals surface area contributed by atoms with Crippen LogP contribution in [0.1, 0.15) is 39.6 Å². The van der Waals surface area contributed by atoms with E-state index in [-0.39, 0.29) is 11.1 Å². The van der Waals surface area contributed by atoms with Gasteiger partial charge in [-0.1, -0.05) is 91.0 Å². The minimum atomic E-state index is -0.659. The van der Waals surface area contributed by atoms with Crippen molar-refractivity contribution in [3.8, 4) is 17.1 Å². The van der Waals surface area contributed by atoms with Gasteiger partial charge in [0.1, 0.15) is 12.4 Å². The van der Waals surface area contributed by atoms with Crippen LogP contribution >= 0.6 is 0 Å². The fourth-order valence-electron chi connectivity index (χ4n) is 6.16. The lowest BCUT2D eigenvalue weighted by Crippen LogP contribution is -2.25. The number of hydrogen-bond donors (Lipinski definition) is 2. The number of nitrogens with zero attached hydrogens (tertiary/aromatic N) is 2. The summed E-state index contributed by atoms with van der Waals surface area (Å²) < 4.78 is 9.43. The highest BCUT2D eigenvalue weighted by atomic mass is 16.5. The Hall–Kier alpha value is -5.82. The van der Waals surface area contributed by atoms with Gasteiger partial charge >= 0.3 is 0 Å². The first kappa shape index (κ1) is 28.0. The monoisotopic (exact) mass is 592 g/mol. The van der Waals surface area contributed by atoms with E-state index in [1.54, 1.807) is 0 Å². The lowest BCUT2D eigenvalue weighted by atomic mass is 9.85. The highest BCUT2D eigenvalue weighted by molar-refractivity contribution is 5.85. The molecule has 222 valence electrons. The molecule has 7 heteroatoms. The molecule has 0 saturated heterocycles. The minimum absolute atomic E-state index is 0.211. The van der Waals surface area contributed by atoms with Crippen LogP contribution in [0, 0.1) is 13.8 Å². The van der Waals surface area contributed by atoms with E-state index < -0.39 is 5.92 Å². The number of aryl methyl sites for hydroxylation is 2. The first-order valence-electron chi connectivity index (χ1n) is 14.9. The lowest BCUT2D eigenvalue weighted by Gasteiger charge is -2.17. The topological polar surface area (TPSA) is 84.8 Å². The fourth-order valence-corrected chi connectivity index (χ4v) is 6.16. The number of hydrogen-bond acceptors (Lipinski definition) is 3. The molecule has 0 unspecified atom stereocenters. The summed E-state index contributed by atoms with van der Waals surface area (Å²) in [5.74, 6) is -0.00730. The number of H-pyrrole nitrogens is 2. The molecule has 0 aliphatic heterocycles. The highest BCUT2D eigenvalue weighted by Gasteiger charge is 2.31. The van der Waals surface area contributed by atoms with Gasteiger partial charge in [0.15, 0.2) is 0 Å². The lowest BCUT2D eigenvalue weighted by molar-refractivity contribution is 0.307. The Labute approximate surface area is 260 Å². The third-order valence-electron chi connectivity index (χ3n) is 8.31. The van der Waals surface area contributed by atoms with Crippen molar-refractivity contribution in [1.29, 1.82) is 0 Å². The van der Waals surface area contributed by atoms with E-state index in [0.717, 1.165) is 33.3 Å². The van der Waals surface area contributed by atoms with E-state index in [1.165, 1.54) is 9.36 Å². The first-order valence-corrected chi connectivity index (χ1v) is 14.9. The second kappa shape index (κ2) is 11.7. The Morgan fingerprint density at radius 2 is 1.16 bits per heavy atom. The zero-order chi connectivity index (χ0) is 30.9. The van der Waals surface area contributed by atoms with Crippen LogP contribution in [-0.2, 0) is 6.61 Å². The summed E-state index contributed by atoms with van der Waals surface area (Å²) in [4.78, 5) is 28.4. The molecule has 45 heavy (non-hydrogen) atoms. The van der Waals surface area contributed by atoms with Gasteiger partial charge in [-0.05, 0) is 72.1 Å². The summed E-state index contributed by atoms with van der Waals surface area (Å²) in [6, 6.07) is 41.0. The van der Waals surface area contributed by atoms with Gasteiger partial charge in [0.25, 0.3) is 11.1 Å². The molecule has 2 aromatic heterocycles. The fraction of sp³-hybridized carbons (Fsp3) is 0.105. The van der Waals surface area contributed by atoms with E-state index in [1.807, 2.05) is 117 Å². The largest absolute Gasteiger partial charge is 0.489 e. The molecule has 0 radical (unpaired) electrons. The second-order valence-corrected chi connectivity index (χ2v) is 11.2. The molecule has 0 saturated carbocycles. The van der Waals surface area contributed by atoms with Crippen molar-refractivity contribution in [2.24, 2.45) is 0 Å². The summed E-state index contributed by atoms with van der Waals surface area (Å²) in [5.41, 5.74) is 5.25. The van der Waals surface area contributed by atoms with E-state index in [2.05, 4.69) is 34.5 Å². The van der Waals surface area contributed by atoms with Crippen molar-refractivity contribution in [3.63, 3.8) is 0 Å². The van der Waals surface area contributed by atoms with Gasteiger partial charge in [-0.25, -0.2) is 9.36 Å². The van der Waals surface area contributed by atoms with Crippen LogP contribution in [0.25, 0.3) is 22.1 Å². The number of para-hydroxylation sites is 2. The predicted molar refractivity (Wildman–Crippen MR) is 178 cm³/mol. The molecule has 0 bridgehead atoms. The quantitative estimate of drug-likeness (QED) is 0.196. The Kier molecular flexibility index (Phi) is 7.27. The Balaban J connectivity index is 1.35. The predicted octanol–water partition coefficient (Wildman–Crippen LogP) is 7.17. The summed E-state index contributed by atoms with van der Waals surface area (Å²) in [5, 5.41) is 8.81. The number of ether oxygens (including phenoxy) is 1. The molecule has 2 heterocycles. The van der Waals surface area contributed by atoms with E-state index in [4.69, 9.17) is 4.74 Å². The van der Waals surface area contributed by atoms with Gasteiger partial charge in [0.05, 0.1) is 22.5 Å². The maximum atomic E-state index is 14.2. The van der Waals surface area contributed by atoms with Crippen LogP contribution < -0.4 is 15.9 Å². The zero-order valence-corrected chi connectivity index (χ0v) is 25.0. The minimum Gasteiger partial charge on any atom is -0.489 e. The van der Waals surface area contributed by atoms with Crippen LogP contribution in [0.2, 0.25) is 0 Å². The SMILES string of the molecule is Cc1[nH]n(-c2ccccc2)c(=O)c1C(c1cccc(OCc2cccc3ccccc23)c1)c1c(C)[nH]n(-c2ccccc2)c1=O. The molecule has 7 rings (SSSR count). The normalized spacial score (nSPS) is 11.4. The number of aromatic nitrogens is 4. The number of rotatable bonds is 8. The van der Waals surface area contributed by atoms with Crippen LogP contribution in [-0.4, -0.2) is 19.6 Å². The summed E-state index contributed by atoms with van der Waals surface area (Å²) >= 11 is 0. The van der Waals surface area contributed by atoms with Crippen molar-refractivity contribution >= 4 is 10.8 Å². The van der Waals surface area contributed by atoms with E-state index >= 15 is 0 Å². The number of aromatic amines is 2. The van der Waals surface area contributed by atoms with Crippen molar-refractivity contribution in [1.82, 2.24) is 19.6 Å². The number of benzene rings is 5. The Morgan fingerprint density at radius 1 is 0.622 bits per heavy atom. The molecule has 2 N–H and O–H groups in total. The van der Waals surface area contributed by atoms with Gasteiger partial charge in [-0.3, -0.25) is 19.8 Å². The van der Waals surface area contributed by atoms with Crippen molar-refractivity contribution in [3.05, 3.63) is 182 Å². The van der Waals surface area contributed by atoms with Crippen molar-refractivity contribution < 1.29 is 4.74 Å². The molecule has 0 aliphatic rings. The van der Waals surface area contributed by atoms with Crippen LogP contribution in [0.4, 0.5) is 0 Å². The van der Waals surface area contributed by atoms with Gasteiger partial charge in [0.2, 0.25) is 0 Å². The molecule has 0 amide bonds. The molecule has 0 spiro atoms. The van der Waals surface area contributed by atoms with Crippen LogP contribution in [0.15, 0.2) is 137 Å². The maximum Gasteiger partial charge on any atom is 0.275 e. The highest BCUT2D eigenvalue weighted by Crippen LogP contribution is 2.34. The number of nitrogens with one attached hydrogen (secondary N) is 2. The summed E-state index contributed by atoms with van der Waals surface area (Å²) in [6.07, 6.45) is 0. The van der Waals surface area contributed by atoms with Crippen LogP contribution in [0.5, 0.6) is 5.75 Å². The molecule has 5 aromatic carbocycles. The second-order valence-electron chi connectivity index (χ2n) is 11.2. The van der Waals surface area contributed by atoms with Gasteiger partial charge in [0, 0.05) is 17.3 Å². The molecule has 7 aromatic rings. The maximum absolute atomic E-state index is 14.2. The number of fused-ring (bicyclic) bond motifs is 1. The van der Waals surface area contributed by atoms with Crippen LogP contribution in [0.3, 0.4) is 0 Å². The molecule has 7 nitrogen and oxygen atoms in total. The van der Waals surface area contributed by atoms with E-state index in [0.29, 0.717) is 34.9 Å². The third-order valence-corrected chi connectivity index (χ3v) is 8.31. The molecule has 0 atom stereocenters. The van der Waals surface area contributed by atoms with Crippen molar-refractivity contribution in [2.75, 3.05) is 0 Å². The molecular weight excluding hydrogens is 560 g/mol. The van der Waals surface area contributed by atoms with Crippen molar-refractivity contribution in [2.45, 2.75) is 26.4 Å². The molecular formula is C38H32N4O3. The third kappa shape index (κ3) is 5.18. The van der Waals surface area contributed by atoms with Gasteiger partial charge < -0.3 is 4.74 Å². The average molecular weight is 593 g/mol. The first-order chi connectivity index (χ1) is 22.0.